The molecule has 0 aliphatic heterocycles. The maximum Gasteiger partial charge on any atom is 0.297 e. The first-order chi connectivity index (χ1) is 14.6. The third-order valence-corrected chi connectivity index (χ3v) is 5.83. The van der Waals surface area contributed by atoms with E-state index in [-0.39, 0.29) is 22.8 Å². The maximum atomic E-state index is 13.1. The van der Waals surface area contributed by atoms with Crippen LogP contribution in [0.15, 0.2) is 62.9 Å². The van der Waals surface area contributed by atoms with Gasteiger partial charge in [-0.25, -0.2) is 4.98 Å². The molecule has 6 nitrogen and oxygen atoms in total. The fourth-order valence-corrected chi connectivity index (χ4v) is 4.18. The second kappa shape index (κ2) is 8.93. The molecule has 30 heavy (non-hydrogen) atoms. The fraction of sp³-hybridized carbons (Fsp3) is 0.227. The number of thioether (sulfide) groups is 1. The van der Waals surface area contributed by atoms with Gasteiger partial charge in [0, 0.05) is 22.6 Å². The summed E-state index contributed by atoms with van der Waals surface area (Å²) in [4.78, 5) is 30.2. The SMILES string of the molecule is CCCCn1c(SCC(=O)Nc2cccc(Cl)c2)nc2c(oc3ccccc32)c1=O. The van der Waals surface area contributed by atoms with Gasteiger partial charge in [-0.2, -0.15) is 0 Å². The van der Waals surface area contributed by atoms with Gasteiger partial charge < -0.3 is 9.73 Å². The lowest BCUT2D eigenvalue weighted by Crippen LogP contribution is -2.24. The van der Waals surface area contributed by atoms with Crippen LogP contribution in [0.3, 0.4) is 0 Å². The molecule has 0 aliphatic rings. The number of carbonyl (C=O) groups is 1. The predicted molar refractivity (Wildman–Crippen MR) is 121 cm³/mol. The lowest BCUT2D eigenvalue weighted by Gasteiger charge is -2.11. The Morgan fingerprint density at radius 3 is 2.87 bits per heavy atom. The number of hydrogen-bond acceptors (Lipinski definition) is 5. The van der Waals surface area contributed by atoms with Crippen LogP contribution < -0.4 is 10.9 Å². The van der Waals surface area contributed by atoms with E-state index in [4.69, 9.17) is 21.0 Å². The van der Waals surface area contributed by atoms with Crippen molar-refractivity contribution >= 4 is 57.0 Å². The number of anilines is 1. The van der Waals surface area contributed by atoms with Crippen molar-refractivity contribution in [1.29, 1.82) is 0 Å². The molecule has 0 radical (unpaired) electrons. The van der Waals surface area contributed by atoms with Crippen molar-refractivity contribution in [2.24, 2.45) is 0 Å². The van der Waals surface area contributed by atoms with E-state index in [0.29, 0.717) is 33.5 Å². The molecule has 0 bridgehead atoms. The lowest BCUT2D eigenvalue weighted by molar-refractivity contribution is -0.113. The number of para-hydroxylation sites is 1. The molecule has 154 valence electrons. The largest absolute Gasteiger partial charge is 0.448 e. The van der Waals surface area contributed by atoms with E-state index in [0.717, 1.165) is 18.2 Å². The van der Waals surface area contributed by atoms with Crippen molar-refractivity contribution in [3.8, 4) is 0 Å². The highest BCUT2D eigenvalue weighted by molar-refractivity contribution is 7.99. The summed E-state index contributed by atoms with van der Waals surface area (Å²) in [5, 5.41) is 4.66. The number of halogens is 1. The maximum absolute atomic E-state index is 13.1. The van der Waals surface area contributed by atoms with Crippen LogP contribution >= 0.6 is 23.4 Å². The average Bonchev–Trinajstić information content (AvgIpc) is 3.11. The monoisotopic (exact) mass is 441 g/mol. The van der Waals surface area contributed by atoms with Crippen LogP contribution in [0, 0.1) is 0 Å². The van der Waals surface area contributed by atoms with Crippen LogP contribution in [-0.2, 0) is 11.3 Å². The van der Waals surface area contributed by atoms with E-state index >= 15 is 0 Å². The molecule has 4 aromatic rings. The molecule has 0 saturated heterocycles. The van der Waals surface area contributed by atoms with Crippen LogP contribution in [0.2, 0.25) is 5.02 Å². The molecule has 0 spiro atoms. The topological polar surface area (TPSA) is 77.1 Å². The van der Waals surface area contributed by atoms with Crippen molar-refractivity contribution < 1.29 is 9.21 Å². The molecule has 8 heteroatoms. The number of rotatable bonds is 7. The van der Waals surface area contributed by atoms with E-state index in [2.05, 4.69) is 12.2 Å². The van der Waals surface area contributed by atoms with Crippen molar-refractivity contribution in [3.05, 3.63) is 63.9 Å². The standard InChI is InChI=1S/C22H20ClN3O3S/c1-2-3-11-26-21(28)20-19(16-9-4-5-10-17(16)29-20)25-22(26)30-13-18(27)24-15-8-6-7-14(23)12-15/h4-10,12H,2-3,11,13H2,1H3,(H,24,27). The minimum atomic E-state index is -0.220. The Balaban J connectivity index is 1.65. The Labute approximate surface area is 182 Å². The smallest absolute Gasteiger partial charge is 0.297 e. The summed E-state index contributed by atoms with van der Waals surface area (Å²) in [7, 11) is 0. The third-order valence-electron chi connectivity index (χ3n) is 4.62. The number of nitrogens with zero attached hydrogens (tertiary/aromatic N) is 2. The normalized spacial score (nSPS) is 11.3. The number of unbranched alkanes of at least 4 members (excludes halogenated alkanes) is 1. The molecule has 0 fully saturated rings. The molecule has 2 heterocycles. The highest BCUT2D eigenvalue weighted by atomic mass is 35.5. The van der Waals surface area contributed by atoms with E-state index in [1.54, 1.807) is 28.8 Å². The second-order valence-corrected chi connectivity index (χ2v) is 8.21. The van der Waals surface area contributed by atoms with Crippen LogP contribution in [0.5, 0.6) is 0 Å². The van der Waals surface area contributed by atoms with E-state index in [9.17, 15) is 9.59 Å². The molecule has 4 rings (SSSR count). The van der Waals surface area contributed by atoms with Gasteiger partial charge in [0.15, 0.2) is 5.16 Å². The van der Waals surface area contributed by atoms with Gasteiger partial charge in [0.25, 0.3) is 5.56 Å². The molecule has 0 unspecified atom stereocenters. The molecule has 0 saturated carbocycles. The molecular weight excluding hydrogens is 422 g/mol. The van der Waals surface area contributed by atoms with E-state index in [1.165, 1.54) is 11.8 Å². The van der Waals surface area contributed by atoms with Gasteiger partial charge in [-0.1, -0.05) is 54.9 Å². The van der Waals surface area contributed by atoms with Gasteiger partial charge in [-0.3, -0.25) is 14.2 Å². The Bertz CT molecular complexity index is 1280. The van der Waals surface area contributed by atoms with E-state index in [1.807, 2.05) is 24.3 Å². The highest BCUT2D eigenvalue weighted by Crippen LogP contribution is 2.27. The van der Waals surface area contributed by atoms with Gasteiger partial charge in [-0.05, 0) is 36.8 Å². The summed E-state index contributed by atoms with van der Waals surface area (Å²) in [6.07, 6.45) is 1.76. The highest BCUT2D eigenvalue weighted by Gasteiger charge is 2.18. The zero-order valence-corrected chi connectivity index (χ0v) is 17.9. The van der Waals surface area contributed by atoms with E-state index < -0.39 is 0 Å². The van der Waals surface area contributed by atoms with Crippen molar-refractivity contribution in [3.63, 3.8) is 0 Å². The number of amides is 1. The average molecular weight is 442 g/mol. The number of nitrogens with one attached hydrogen (secondary N) is 1. The third kappa shape index (κ3) is 4.22. The zero-order valence-electron chi connectivity index (χ0n) is 16.4. The van der Waals surface area contributed by atoms with Crippen molar-refractivity contribution in [2.45, 2.75) is 31.5 Å². The number of benzene rings is 2. The summed E-state index contributed by atoms with van der Waals surface area (Å²) < 4.78 is 7.38. The summed E-state index contributed by atoms with van der Waals surface area (Å²) in [5.74, 6) is -0.0810. The van der Waals surface area contributed by atoms with Crippen LogP contribution in [0.25, 0.3) is 22.1 Å². The number of fused-ring (bicyclic) bond motifs is 3. The minimum Gasteiger partial charge on any atom is -0.448 e. The summed E-state index contributed by atoms with van der Waals surface area (Å²) in [6.45, 7) is 2.58. The molecular formula is C22H20ClN3O3S. The van der Waals surface area contributed by atoms with Gasteiger partial charge in [0.1, 0.15) is 11.1 Å². The number of furan rings is 1. The Kier molecular flexibility index (Phi) is 6.11. The lowest BCUT2D eigenvalue weighted by atomic mass is 10.2. The molecule has 1 amide bonds. The van der Waals surface area contributed by atoms with Gasteiger partial charge >= 0.3 is 0 Å². The zero-order chi connectivity index (χ0) is 21.1. The fourth-order valence-electron chi connectivity index (χ4n) is 3.17. The van der Waals surface area contributed by atoms with Gasteiger partial charge in [0.05, 0.1) is 5.75 Å². The molecule has 2 aromatic carbocycles. The second-order valence-electron chi connectivity index (χ2n) is 6.83. The quantitative estimate of drug-likeness (QED) is 0.310. The van der Waals surface area contributed by atoms with Crippen LogP contribution in [-0.4, -0.2) is 21.2 Å². The molecule has 1 N–H and O–H groups in total. The first kappa shape index (κ1) is 20.5. The molecule has 0 aliphatic carbocycles. The number of hydrogen-bond donors (Lipinski definition) is 1. The first-order valence-corrected chi connectivity index (χ1v) is 11.0. The van der Waals surface area contributed by atoms with Crippen molar-refractivity contribution in [2.75, 3.05) is 11.1 Å². The number of aromatic nitrogens is 2. The van der Waals surface area contributed by atoms with Gasteiger partial charge in [-0.15, -0.1) is 0 Å². The van der Waals surface area contributed by atoms with Crippen molar-refractivity contribution in [1.82, 2.24) is 9.55 Å². The Hall–Kier alpha value is -2.77. The Morgan fingerprint density at radius 2 is 2.07 bits per heavy atom. The summed E-state index contributed by atoms with van der Waals surface area (Å²) in [6, 6.07) is 14.4. The summed E-state index contributed by atoms with van der Waals surface area (Å²) in [5.41, 5.74) is 1.81. The predicted octanol–water partition coefficient (Wildman–Crippen LogP) is 5.33. The van der Waals surface area contributed by atoms with Crippen LogP contribution in [0.1, 0.15) is 19.8 Å². The van der Waals surface area contributed by atoms with Crippen LogP contribution in [0.4, 0.5) is 5.69 Å². The number of carbonyl (C=O) groups excluding carboxylic acids is 1. The van der Waals surface area contributed by atoms with Gasteiger partial charge in [0.2, 0.25) is 11.5 Å². The molecule has 0 atom stereocenters. The minimum absolute atomic E-state index is 0.117. The first-order valence-electron chi connectivity index (χ1n) is 9.67. The summed E-state index contributed by atoms with van der Waals surface area (Å²) >= 11 is 7.20. The molecule has 2 aromatic heterocycles. The Morgan fingerprint density at radius 1 is 1.23 bits per heavy atom.